The van der Waals surface area contributed by atoms with E-state index >= 15 is 0 Å². The Morgan fingerprint density at radius 2 is 1.90 bits per heavy atom. The summed E-state index contributed by atoms with van der Waals surface area (Å²) in [6, 6.07) is 14.7. The second-order valence-electron chi connectivity index (χ2n) is 6.46. The second-order valence-corrected chi connectivity index (χ2v) is 6.46. The lowest BCUT2D eigenvalue weighted by molar-refractivity contribution is -0.116. The number of amides is 2. The van der Waals surface area contributed by atoms with Gasteiger partial charge in [0.2, 0.25) is 5.91 Å². The normalized spacial score (nSPS) is 10.2. The molecule has 3 aromatic rings. The smallest absolute Gasteiger partial charge is 0.254 e. The Bertz CT molecular complexity index is 1050. The molecule has 2 aromatic carbocycles. The maximum atomic E-state index is 12.3. The van der Waals surface area contributed by atoms with Crippen LogP contribution in [0.2, 0.25) is 0 Å². The van der Waals surface area contributed by atoms with Crippen molar-refractivity contribution in [3.8, 4) is 23.7 Å². The molecule has 0 fully saturated rings. The first-order valence-corrected chi connectivity index (χ1v) is 9.19. The van der Waals surface area contributed by atoms with Gasteiger partial charge in [-0.15, -0.1) is 6.42 Å². The Labute approximate surface area is 169 Å². The highest BCUT2D eigenvalue weighted by molar-refractivity contribution is 6.03. The summed E-state index contributed by atoms with van der Waals surface area (Å²) in [6.45, 7) is 2.14. The van der Waals surface area contributed by atoms with Crippen molar-refractivity contribution in [2.75, 3.05) is 11.9 Å². The van der Waals surface area contributed by atoms with Crippen molar-refractivity contribution in [3.63, 3.8) is 0 Å². The van der Waals surface area contributed by atoms with Crippen LogP contribution in [-0.4, -0.2) is 23.3 Å². The average Bonchev–Trinajstić information content (AvgIpc) is 3.20. The van der Waals surface area contributed by atoms with Gasteiger partial charge in [-0.25, -0.2) is 4.98 Å². The number of terminal acetylenes is 1. The summed E-state index contributed by atoms with van der Waals surface area (Å²) in [6.07, 6.45) is 7.35. The molecule has 0 aliphatic carbocycles. The summed E-state index contributed by atoms with van der Waals surface area (Å²) in [5.74, 6) is 2.91. The molecule has 3 rings (SSSR count). The van der Waals surface area contributed by atoms with Crippen LogP contribution in [0.15, 0.2) is 59.1 Å². The number of nitrogens with zero attached hydrogens (tertiary/aromatic N) is 1. The van der Waals surface area contributed by atoms with Gasteiger partial charge >= 0.3 is 0 Å². The first-order valence-electron chi connectivity index (χ1n) is 9.19. The first-order chi connectivity index (χ1) is 14.1. The molecule has 0 aliphatic rings. The maximum Gasteiger partial charge on any atom is 0.254 e. The van der Waals surface area contributed by atoms with E-state index in [1.807, 2.05) is 31.2 Å². The van der Waals surface area contributed by atoms with Gasteiger partial charge in [-0.3, -0.25) is 9.59 Å². The predicted molar refractivity (Wildman–Crippen MR) is 111 cm³/mol. The van der Waals surface area contributed by atoms with Crippen LogP contribution < -0.4 is 10.6 Å². The highest BCUT2D eigenvalue weighted by Crippen LogP contribution is 2.21. The maximum absolute atomic E-state index is 12.3. The molecular formula is C23H21N3O3. The molecule has 0 spiro atoms. The summed E-state index contributed by atoms with van der Waals surface area (Å²) < 4.78 is 5.74. The van der Waals surface area contributed by atoms with Crippen molar-refractivity contribution in [2.24, 2.45) is 0 Å². The number of hydrogen-bond acceptors (Lipinski definition) is 4. The minimum atomic E-state index is -0.339. The van der Waals surface area contributed by atoms with Crippen molar-refractivity contribution >= 4 is 17.5 Å². The van der Waals surface area contributed by atoms with Gasteiger partial charge in [0.1, 0.15) is 0 Å². The summed E-state index contributed by atoms with van der Waals surface area (Å²) >= 11 is 0. The van der Waals surface area contributed by atoms with Crippen molar-refractivity contribution in [1.82, 2.24) is 10.3 Å². The molecule has 2 N–H and O–H groups in total. The second kappa shape index (κ2) is 9.38. The minimum Gasteiger partial charge on any atom is -0.441 e. The van der Waals surface area contributed by atoms with Gasteiger partial charge in [0.05, 0.1) is 24.0 Å². The minimum absolute atomic E-state index is 0.120. The van der Waals surface area contributed by atoms with Crippen molar-refractivity contribution in [2.45, 2.75) is 19.8 Å². The third-order valence-electron chi connectivity index (χ3n) is 4.25. The number of oxazole rings is 1. The fraction of sp³-hybridized carbons (Fsp3) is 0.174. The molecule has 1 heterocycles. The van der Waals surface area contributed by atoms with E-state index in [-0.39, 0.29) is 24.8 Å². The predicted octanol–water partition coefficient (Wildman–Crippen LogP) is 3.58. The molecule has 6 nitrogen and oxygen atoms in total. The lowest BCUT2D eigenvalue weighted by Crippen LogP contribution is -2.25. The molecule has 0 aliphatic heterocycles. The zero-order valence-corrected chi connectivity index (χ0v) is 16.1. The Hall–Kier alpha value is -3.85. The molecule has 29 heavy (non-hydrogen) atoms. The Kier molecular flexibility index (Phi) is 6.43. The van der Waals surface area contributed by atoms with Crippen LogP contribution in [0.1, 0.15) is 28.2 Å². The van der Waals surface area contributed by atoms with Gasteiger partial charge in [0.15, 0.2) is 11.7 Å². The first kappa shape index (κ1) is 19.9. The van der Waals surface area contributed by atoms with E-state index < -0.39 is 0 Å². The van der Waals surface area contributed by atoms with Crippen LogP contribution in [0.5, 0.6) is 0 Å². The van der Waals surface area contributed by atoms with Crippen molar-refractivity contribution < 1.29 is 14.0 Å². The Morgan fingerprint density at radius 1 is 1.14 bits per heavy atom. The number of anilines is 1. The van der Waals surface area contributed by atoms with E-state index in [4.69, 9.17) is 10.8 Å². The molecule has 146 valence electrons. The lowest BCUT2D eigenvalue weighted by atomic mass is 10.1. The van der Waals surface area contributed by atoms with Crippen LogP contribution in [0.25, 0.3) is 11.3 Å². The molecule has 0 atom stereocenters. The summed E-state index contributed by atoms with van der Waals surface area (Å²) in [5.41, 5.74) is 2.89. The largest absolute Gasteiger partial charge is 0.441 e. The van der Waals surface area contributed by atoms with Crippen LogP contribution >= 0.6 is 0 Å². The fourth-order valence-electron chi connectivity index (χ4n) is 2.73. The quantitative estimate of drug-likeness (QED) is 0.607. The molecule has 2 amide bonds. The highest BCUT2D eigenvalue weighted by atomic mass is 16.4. The molecule has 0 saturated heterocycles. The number of hydrogen-bond donors (Lipinski definition) is 2. The zero-order chi connectivity index (χ0) is 20.6. The topological polar surface area (TPSA) is 84.2 Å². The van der Waals surface area contributed by atoms with Gasteiger partial charge < -0.3 is 15.1 Å². The number of carbonyl (C=O) groups is 2. The summed E-state index contributed by atoms with van der Waals surface area (Å²) in [4.78, 5) is 28.7. The number of rotatable bonds is 7. The van der Waals surface area contributed by atoms with E-state index in [9.17, 15) is 9.59 Å². The SMILES string of the molecule is C#CCNC(=O)c1ccccc1NC(=O)CCc1ncc(-c2ccc(C)cc2)o1. The monoisotopic (exact) mass is 387 g/mol. The number of benzene rings is 2. The Balaban J connectivity index is 1.59. The third-order valence-corrected chi connectivity index (χ3v) is 4.25. The summed E-state index contributed by atoms with van der Waals surface area (Å²) in [7, 11) is 0. The molecule has 0 saturated carbocycles. The molecule has 0 bridgehead atoms. The van der Waals surface area contributed by atoms with Gasteiger partial charge in [-0.1, -0.05) is 47.9 Å². The highest BCUT2D eigenvalue weighted by Gasteiger charge is 2.14. The number of carbonyl (C=O) groups excluding carboxylic acids is 2. The molecular weight excluding hydrogens is 366 g/mol. The Morgan fingerprint density at radius 3 is 2.66 bits per heavy atom. The van der Waals surface area contributed by atoms with Crippen molar-refractivity contribution in [3.05, 3.63) is 71.7 Å². The summed E-state index contributed by atoms with van der Waals surface area (Å²) in [5, 5.41) is 5.35. The molecule has 0 unspecified atom stereocenters. The molecule has 1 aromatic heterocycles. The van der Waals surface area contributed by atoms with Crippen LogP contribution in [0, 0.1) is 19.3 Å². The number of para-hydroxylation sites is 1. The van der Waals surface area contributed by atoms with Crippen LogP contribution in [0.3, 0.4) is 0 Å². The third kappa shape index (κ3) is 5.33. The standard InChI is InChI=1S/C23H21N3O3/c1-3-14-24-23(28)18-6-4-5-7-19(18)26-21(27)12-13-22-25-15-20(29-22)17-10-8-16(2)9-11-17/h1,4-11,15H,12-14H2,2H3,(H,24,28)(H,26,27). The van der Waals surface area contributed by atoms with E-state index in [1.165, 1.54) is 5.56 Å². The van der Waals surface area contributed by atoms with Crippen molar-refractivity contribution in [1.29, 1.82) is 0 Å². The lowest BCUT2D eigenvalue weighted by Gasteiger charge is -2.10. The number of aromatic nitrogens is 1. The molecule has 6 heteroatoms. The average molecular weight is 387 g/mol. The van der Waals surface area contributed by atoms with Crippen LogP contribution in [0.4, 0.5) is 5.69 Å². The van der Waals surface area contributed by atoms with E-state index in [0.717, 1.165) is 5.56 Å². The fourth-order valence-corrected chi connectivity index (χ4v) is 2.73. The van der Waals surface area contributed by atoms with E-state index in [1.54, 1.807) is 30.5 Å². The number of nitrogens with one attached hydrogen (secondary N) is 2. The van der Waals surface area contributed by atoms with Crippen LogP contribution in [-0.2, 0) is 11.2 Å². The van der Waals surface area contributed by atoms with E-state index in [2.05, 4.69) is 21.5 Å². The van der Waals surface area contributed by atoms with Gasteiger partial charge in [0, 0.05) is 18.4 Å². The van der Waals surface area contributed by atoms with Gasteiger partial charge in [0.25, 0.3) is 5.91 Å². The molecule has 0 radical (unpaired) electrons. The van der Waals surface area contributed by atoms with Gasteiger partial charge in [-0.2, -0.15) is 0 Å². The zero-order valence-electron chi connectivity index (χ0n) is 16.1. The number of aryl methyl sites for hydroxylation is 2. The van der Waals surface area contributed by atoms with Gasteiger partial charge in [-0.05, 0) is 19.1 Å². The van der Waals surface area contributed by atoms with E-state index in [0.29, 0.717) is 29.3 Å².